The first-order valence-electron chi connectivity index (χ1n) is 7.67. The average Bonchev–Trinajstić information content (AvgIpc) is 2.76. The van der Waals surface area contributed by atoms with Gasteiger partial charge in [-0.1, -0.05) is 6.42 Å². The molecule has 21 heavy (non-hydrogen) atoms. The number of fused-ring (bicyclic) bond motifs is 1. The van der Waals surface area contributed by atoms with Gasteiger partial charge in [-0.25, -0.2) is 4.98 Å². The van der Waals surface area contributed by atoms with Crippen LogP contribution in [0.1, 0.15) is 37.7 Å². The summed E-state index contributed by atoms with van der Waals surface area (Å²) in [4.78, 5) is 11.1. The molecular weight excluding hydrogens is 266 g/mol. The highest BCUT2D eigenvalue weighted by atomic mass is 16.3. The third kappa shape index (κ3) is 2.72. The van der Waals surface area contributed by atoms with Gasteiger partial charge in [0.2, 0.25) is 0 Å². The molecule has 0 spiro atoms. The summed E-state index contributed by atoms with van der Waals surface area (Å²) in [5.41, 5.74) is 0.925. The molecule has 0 radical (unpaired) electrons. The third-order valence-electron chi connectivity index (χ3n) is 4.30. The van der Waals surface area contributed by atoms with Crippen molar-refractivity contribution in [1.29, 1.82) is 0 Å². The van der Waals surface area contributed by atoms with E-state index >= 15 is 0 Å². The SMILES string of the molecule is Cc1cc(N(CC2CCC2)C(C)CO)n2nc(C)nc2n1. The maximum Gasteiger partial charge on any atom is 0.254 e. The summed E-state index contributed by atoms with van der Waals surface area (Å²) in [6.45, 7) is 6.98. The molecule has 0 aliphatic heterocycles. The quantitative estimate of drug-likeness (QED) is 0.908. The first-order chi connectivity index (χ1) is 10.1. The zero-order chi connectivity index (χ0) is 15.0. The Kier molecular flexibility index (Phi) is 3.80. The Bertz CT molecular complexity index is 634. The van der Waals surface area contributed by atoms with Gasteiger partial charge in [0, 0.05) is 18.3 Å². The lowest BCUT2D eigenvalue weighted by molar-refractivity contribution is 0.249. The highest BCUT2D eigenvalue weighted by molar-refractivity contribution is 5.48. The number of hydrogen-bond donors (Lipinski definition) is 1. The van der Waals surface area contributed by atoms with Gasteiger partial charge in [-0.15, -0.1) is 5.10 Å². The molecule has 1 N–H and O–H groups in total. The average molecular weight is 289 g/mol. The van der Waals surface area contributed by atoms with Crippen molar-refractivity contribution in [3.63, 3.8) is 0 Å². The molecule has 2 aromatic rings. The van der Waals surface area contributed by atoms with Crippen molar-refractivity contribution in [2.45, 2.75) is 46.1 Å². The topological polar surface area (TPSA) is 66.5 Å². The van der Waals surface area contributed by atoms with Crippen molar-refractivity contribution in [1.82, 2.24) is 19.6 Å². The molecule has 2 heterocycles. The highest BCUT2D eigenvalue weighted by Gasteiger charge is 2.26. The summed E-state index contributed by atoms with van der Waals surface area (Å²) in [5, 5.41) is 14.1. The first-order valence-corrected chi connectivity index (χ1v) is 7.67. The molecule has 0 amide bonds. The molecule has 1 atom stereocenters. The predicted molar refractivity (Wildman–Crippen MR) is 81.5 cm³/mol. The van der Waals surface area contributed by atoms with Crippen LogP contribution in [0.3, 0.4) is 0 Å². The fourth-order valence-electron chi connectivity index (χ4n) is 2.82. The van der Waals surface area contributed by atoms with Gasteiger partial charge in [0.05, 0.1) is 12.6 Å². The summed E-state index contributed by atoms with van der Waals surface area (Å²) >= 11 is 0. The van der Waals surface area contributed by atoms with E-state index in [4.69, 9.17) is 0 Å². The number of aromatic nitrogens is 4. The molecule has 1 saturated carbocycles. The monoisotopic (exact) mass is 289 g/mol. The maximum atomic E-state index is 9.61. The second kappa shape index (κ2) is 5.60. The Morgan fingerprint density at radius 3 is 2.76 bits per heavy atom. The largest absolute Gasteiger partial charge is 0.394 e. The van der Waals surface area contributed by atoms with Gasteiger partial charge in [0.15, 0.2) is 0 Å². The van der Waals surface area contributed by atoms with E-state index in [0.717, 1.165) is 23.9 Å². The predicted octanol–water partition coefficient (Wildman–Crippen LogP) is 1.73. The molecule has 6 heteroatoms. The summed E-state index contributed by atoms with van der Waals surface area (Å²) in [6, 6.07) is 2.09. The van der Waals surface area contributed by atoms with Crippen LogP contribution in [0.5, 0.6) is 0 Å². The van der Waals surface area contributed by atoms with Crippen LogP contribution in [0, 0.1) is 19.8 Å². The van der Waals surface area contributed by atoms with Gasteiger partial charge in [-0.05, 0) is 39.5 Å². The van der Waals surface area contributed by atoms with Gasteiger partial charge in [-0.3, -0.25) is 0 Å². The Morgan fingerprint density at radius 2 is 2.14 bits per heavy atom. The number of nitrogens with zero attached hydrogens (tertiary/aromatic N) is 5. The van der Waals surface area contributed by atoms with Crippen molar-refractivity contribution in [3.05, 3.63) is 17.6 Å². The molecule has 1 aliphatic carbocycles. The van der Waals surface area contributed by atoms with Crippen molar-refractivity contribution < 1.29 is 5.11 Å². The van der Waals surface area contributed by atoms with Crippen LogP contribution >= 0.6 is 0 Å². The highest BCUT2D eigenvalue weighted by Crippen LogP contribution is 2.30. The van der Waals surface area contributed by atoms with E-state index in [1.807, 2.05) is 26.8 Å². The molecule has 0 saturated heterocycles. The molecule has 1 unspecified atom stereocenters. The van der Waals surface area contributed by atoms with Crippen LogP contribution in [0.25, 0.3) is 5.78 Å². The number of aryl methyl sites for hydroxylation is 2. The summed E-state index contributed by atoms with van der Waals surface area (Å²) < 4.78 is 1.80. The van der Waals surface area contributed by atoms with Crippen LogP contribution in [0.2, 0.25) is 0 Å². The third-order valence-corrected chi connectivity index (χ3v) is 4.30. The minimum atomic E-state index is 0.0557. The Balaban J connectivity index is 2.04. The van der Waals surface area contributed by atoms with Crippen LogP contribution in [-0.4, -0.2) is 43.9 Å². The van der Waals surface area contributed by atoms with Gasteiger partial charge in [-0.2, -0.15) is 9.50 Å². The van der Waals surface area contributed by atoms with Crippen LogP contribution in [0.4, 0.5) is 5.82 Å². The zero-order valence-electron chi connectivity index (χ0n) is 13.0. The second-order valence-electron chi connectivity index (χ2n) is 6.11. The van der Waals surface area contributed by atoms with Gasteiger partial charge < -0.3 is 10.0 Å². The molecule has 1 aliphatic rings. The van der Waals surface area contributed by atoms with E-state index in [-0.39, 0.29) is 12.6 Å². The number of aliphatic hydroxyl groups is 1. The normalized spacial score (nSPS) is 17.0. The van der Waals surface area contributed by atoms with E-state index in [0.29, 0.717) is 11.7 Å². The molecular formula is C15H23N5O. The summed E-state index contributed by atoms with van der Waals surface area (Å²) in [7, 11) is 0. The van der Waals surface area contributed by atoms with E-state index in [2.05, 4.69) is 20.0 Å². The lowest BCUT2D eigenvalue weighted by atomic mass is 9.85. The molecule has 1 fully saturated rings. The smallest absolute Gasteiger partial charge is 0.254 e. The van der Waals surface area contributed by atoms with E-state index in [1.54, 1.807) is 4.52 Å². The minimum absolute atomic E-state index is 0.0557. The van der Waals surface area contributed by atoms with Crippen LogP contribution in [-0.2, 0) is 0 Å². The second-order valence-corrected chi connectivity index (χ2v) is 6.11. The first kappa shape index (κ1) is 14.3. The van der Waals surface area contributed by atoms with Gasteiger partial charge >= 0.3 is 0 Å². The van der Waals surface area contributed by atoms with E-state index in [9.17, 15) is 5.11 Å². The Morgan fingerprint density at radius 1 is 1.38 bits per heavy atom. The lowest BCUT2D eigenvalue weighted by Gasteiger charge is -2.36. The number of aliphatic hydroxyl groups excluding tert-OH is 1. The molecule has 3 rings (SSSR count). The zero-order valence-corrected chi connectivity index (χ0v) is 13.0. The summed E-state index contributed by atoms with van der Waals surface area (Å²) in [6.07, 6.45) is 3.87. The van der Waals surface area contributed by atoms with Crippen molar-refractivity contribution >= 4 is 11.6 Å². The van der Waals surface area contributed by atoms with Crippen LogP contribution < -0.4 is 4.90 Å². The maximum absolute atomic E-state index is 9.61. The fraction of sp³-hybridized carbons (Fsp3) is 0.667. The van der Waals surface area contributed by atoms with E-state index < -0.39 is 0 Å². The Hall–Kier alpha value is -1.69. The number of rotatable bonds is 5. The lowest BCUT2D eigenvalue weighted by Crippen LogP contribution is -2.42. The fourth-order valence-corrected chi connectivity index (χ4v) is 2.82. The molecule has 2 aromatic heterocycles. The van der Waals surface area contributed by atoms with Crippen molar-refractivity contribution in [3.8, 4) is 0 Å². The number of hydrogen-bond acceptors (Lipinski definition) is 5. The van der Waals surface area contributed by atoms with Gasteiger partial charge in [0.1, 0.15) is 11.6 Å². The molecule has 114 valence electrons. The number of anilines is 1. The molecule has 0 aromatic carbocycles. The van der Waals surface area contributed by atoms with Crippen LogP contribution in [0.15, 0.2) is 6.07 Å². The summed E-state index contributed by atoms with van der Waals surface area (Å²) in [5.74, 6) is 3.04. The van der Waals surface area contributed by atoms with Crippen molar-refractivity contribution in [2.75, 3.05) is 18.1 Å². The minimum Gasteiger partial charge on any atom is -0.394 e. The molecule has 6 nitrogen and oxygen atoms in total. The van der Waals surface area contributed by atoms with Crippen molar-refractivity contribution in [2.24, 2.45) is 5.92 Å². The van der Waals surface area contributed by atoms with Gasteiger partial charge in [0.25, 0.3) is 5.78 Å². The standard InChI is InChI=1S/C15H23N5O/c1-10-7-14(20-15(16-10)17-12(3)18-20)19(11(2)9-21)8-13-5-4-6-13/h7,11,13,21H,4-6,8-9H2,1-3H3. The Labute approximate surface area is 124 Å². The molecule has 0 bridgehead atoms. The van der Waals surface area contributed by atoms with E-state index in [1.165, 1.54) is 19.3 Å².